The van der Waals surface area contributed by atoms with Crippen molar-refractivity contribution in [2.75, 3.05) is 57.4 Å². The van der Waals surface area contributed by atoms with E-state index in [1.807, 2.05) is 13.0 Å². The smallest absolute Gasteiger partial charge is 0.200 e. The van der Waals surface area contributed by atoms with E-state index in [2.05, 4.69) is 25.7 Å². The summed E-state index contributed by atoms with van der Waals surface area (Å²) in [6.07, 6.45) is 3.87. The fourth-order valence-electron chi connectivity index (χ4n) is 3.96. The monoisotopic (exact) mass is 450 g/mol. The van der Waals surface area contributed by atoms with E-state index in [0.717, 1.165) is 48.5 Å². The van der Waals surface area contributed by atoms with E-state index in [1.54, 1.807) is 6.07 Å². The van der Waals surface area contributed by atoms with Crippen molar-refractivity contribution in [1.82, 2.24) is 4.90 Å². The van der Waals surface area contributed by atoms with Crippen LogP contribution < -0.4 is 15.1 Å². The topological polar surface area (TPSA) is 55.2 Å². The predicted octanol–water partition coefficient (Wildman–Crippen LogP) is 3.57. The number of benzene rings is 1. The van der Waals surface area contributed by atoms with Crippen LogP contribution in [0.1, 0.15) is 24.8 Å². The van der Waals surface area contributed by atoms with Gasteiger partial charge in [-0.2, -0.15) is 0 Å². The minimum absolute atomic E-state index is 0.0357. The lowest BCUT2D eigenvalue weighted by Crippen LogP contribution is -2.36. The van der Waals surface area contributed by atoms with Gasteiger partial charge in [0.1, 0.15) is 17.9 Å². The maximum absolute atomic E-state index is 12.7. The number of morpholine rings is 1. The van der Waals surface area contributed by atoms with Crippen molar-refractivity contribution in [3.05, 3.63) is 32.4 Å². The lowest BCUT2D eigenvalue weighted by molar-refractivity contribution is 0.121. The normalized spacial score (nSPS) is 18.6. The van der Waals surface area contributed by atoms with Crippen molar-refractivity contribution in [3.8, 4) is 5.75 Å². The highest BCUT2D eigenvalue weighted by atomic mass is 79.9. The van der Waals surface area contributed by atoms with Crippen LogP contribution >= 0.6 is 15.9 Å². The van der Waals surface area contributed by atoms with Crippen LogP contribution in [0, 0.1) is 6.92 Å². The molecule has 0 amide bonds. The van der Waals surface area contributed by atoms with Crippen LogP contribution in [-0.4, -0.2) is 57.4 Å². The van der Waals surface area contributed by atoms with Gasteiger partial charge in [0.2, 0.25) is 0 Å². The van der Waals surface area contributed by atoms with Gasteiger partial charge in [0.15, 0.2) is 11.3 Å². The molecule has 0 radical (unpaired) electrons. The summed E-state index contributed by atoms with van der Waals surface area (Å²) < 4.78 is 18.5. The standard InChI is InChI=1S/C21H27BrN2O4/c1-15-20-16(18(25)14-19(28-20)24-8-10-26-11-9-24)13-17(22)21(15)27-12-7-23-5-3-2-4-6-23/h13-14H,2-12H2,1H3. The summed E-state index contributed by atoms with van der Waals surface area (Å²) in [5, 5.41) is 0.574. The first-order valence-corrected chi connectivity index (χ1v) is 10.9. The molecule has 2 saturated heterocycles. The second-order valence-electron chi connectivity index (χ2n) is 7.49. The molecule has 152 valence electrons. The van der Waals surface area contributed by atoms with Crippen molar-refractivity contribution in [2.45, 2.75) is 26.2 Å². The number of nitrogens with zero attached hydrogens (tertiary/aromatic N) is 2. The number of piperidine rings is 1. The molecular formula is C21H27BrN2O4. The first-order valence-electron chi connectivity index (χ1n) is 10.1. The molecule has 0 unspecified atom stereocenters. The molecule has 1 aromatic heterocycles. The van der Waals surface area contributed by atoms with Crippen molar-refractivity contribution < 1.29 is 13.9 Å². The SMILES string of the molecule is Cc1c(OCCN2CCCCC2)c(Br)cc2c(=O)cc(N3CCOCC3)oc12. The first kappa shape index (κ1) is 19.7. The molecule has 2 aliphatic rings. The number of ether oxygens (including phenoxy) is 2. The first-order chi connectivity index (χ1) is 13.6. The van der Waals surface area contributed by atoms with Gasteiger partial charge < -0.3 is 18.8 Å². The zero-order valence-corrected chi connectivity index (χ0v) is 17.9. The number of anilines is 1. The van der Waals surface area contributed by atoms with E-state index >= 15 is 0 Å². The number of rotatable bonds is 5. The van der Waals surface area contributed by atoms with Gasteiger partial charge in [0, 0.05) is 31.3 Å². The second-order valence-corrected chi connectivity index (χ2v) is 8.34. The molecular weight excluding hydrogens is 424 g/mol. The summed E-state index contributed by atoms with van der Waals surface area (Å²) in [7, 11) is 0. The maximum atomic E-state index is 12.7. The van der Waals surface area contributed by atoms with Gasteiger partial charge in [-0.3, -0.25) is 9.69 Å². The Morgan fingerprint density at radius 1 is 1.11 bits per heavy atom. The molecule has 0 N–H and O–H groups in total. The molecule has 0 bridgehead atoms. The van der Waals surface area contributed by atoms with Crippen molar-refractivity contribution in [1.29, 1.82) is 0 Å². The van der Waals surface area contributed by atoms with Gasteiger partial charge in [-0.05, 0) is 54.9 Å². The minimum atomic E-state index is -0.0357. The molecule has 0 saturated carbocycles. The van der Waals surface area contributed by atoms with Crippen LogP contribution in [0.5, 0.6) is 5.75 Å². The van der Waals surface area contributed by atoms with E-state index in [0.29, 0.717) is 36.7 Å². The Hall–Kier alpha value is -1.57. The molecule has 6 nitrogen and oxygen atoms in total. The number of halogens is 1. The molecule has 2 aromatic rings. The fourth-order valence-corrected chi connectivity index (χ4v) is 4.60. The van der Waals surface area contributed by atoms with E-state index < -0.39 is 0 Å². The Bertz CT molecular complexity index is 886. The third-order valence-electron chi connectivity index (χ3n) is 5.57. The molecule has 0 spiro atoms. The van der Waals surface area contributed by atoms with Crippen molar-refractivity contribution in [2.24, 2.45) is 0 Å². The Kier molecular flexibility index (Phi) is 6.23. The molecule has 7 heteroatoms. The zero-order valence-electron chi connectivity index (χ0n) is 16.3. The van der Waals surface area contributed by atoms with Crippen LogP contribution in [0.3, 0.4) is 0 Å². The number of aryl methyl sites for hydroxylation is 1. The third kappa shape index (κ3) is 4.21. The predicted molar refractivity (Wildman–Crippen MR) is 114 cm³/mol. The molecule has 2 aliphatic heterocycles. The van der Waals surface area contributed by atoms with Crippen LogP contribution in [0.4, 0.5) is 5.88 Å². The van der Waals surface area contributed by atoms with E-state index in [9.17, 15) is 4.79 Å². The lowest BCUT2D eigenvalue weighted by Gasteiger charge is -2.27. The van der Waals surface area contributed by atoms with E-state index in [4.69, 9.17) is 13.9 Å². The summed E-state index contributed by atoms with van der Waals surface area (Å²) >= 11 is 3.58. The molecule has 0 aliphatic carbocycles. The van der Waals surface area contributed by atoms with Gasteiger partial charge in [-0.25, -0.2) is 0 Å². The third-order valence-corrected chi connectivity index (χ3v) is 6.15. The highest BCUT2D eigenvalue weighted by molar-refractivity contribution is 9.10. The molecule has 4 rings (SSSR count). The van der Waals surface area contributed by atoms with Gasteiger partial charge in [-0.1, -0.05) is 6.42 Å². The summed E-state index contributed by atoms with van der Waals surface area (Å²) in [5.74, 6) is 1.36. The number of hydrogen-bond acceptors (Lipinski definition) is 6. The summed E-state index contributed by atoms with van der Waals surface area (Å²) in [6, 6.07) is 3.39. The van der Waals surface area contributed by atoms with Gasteiger partial charge in [-0.15, -0.1) is 0 Å². The summed E-state index contributed by atoms with van der Waals surface area (Å²) in [5.41, 5.74) is 1.42. The second kappa shape index (κ2) is 8.84. The summed E-state index contributed by atoms with van der Waals surface area (Å²) in [4.78, 5) is 17.2. The van der Waals surface area contributed by atoms with Crippen LogP contribution in [0.25, 0.3) is 11.0 Å². The lowest BCUT2D eigenvalue weighted by atomic mass is 10.1. The maximum Gasteiger partial charge on any atom is 0.200 e. The average molecular weight is 451 g/mol. The largest absolute Gasteiger partial charge is 0.491 e. The average Bonchev–Trinajstić information content (AvgIpc) is 2.72. The van der Waals surface area contributed by atoms with E-state index in [-0.39, 0.29) is 5.43 Å². The Balaban J connectivity index is 1.58. The van der Waals surface area contributed by atoms with Crippen LogP contribution in [0.15, 0.2) is 25.8 Å². The molecule has 3 heterocycles. The molecule has 2 fully saturated rings. The highest BCUT2D eigenvalue weighted by Gasteiger charge is 2.19. The van der Waals surface area contributed by atoms with Gasteiger partial charge in [0.25, 0.3) is 0 Å². The van der Waals surface area contributed by atoms with Gasteiger partial charge in [0.05, 0.1) is 23.1 Å². The number of fused-ring (bicyclic) bond motifs is 1. The van der Waals surface area contributed by atoms with Crippen LogP contribution in [-0.2, 0) is 4.74 Å². The molecule has 28 heavy (non-hydrogen) atoms. The quantitative estimate of drug-likeness (QED) is 0.693. The van der Waals surface area contributed by atoms with Crippen molar-refractivity contribution in [3.63, 3.8) is 0 Å². The Morgan fingerprint density at radius 3 is 2.61 bits per heavy atom. The molecule has 1 aromatic carbocycles. The molecule has 0 atom stereocenters. The van der Waals surface area contributed by atoms with E-state index in [1.165, 1.54) is 19.3 Å². The number of likely N-dealkylation sites (tertiary alicyclic amines) is 1. The fraction of sp³-hybridized carbons (Fsp3) is 0.571. The van der Waals surface area contributed by atoms with Crippen LogP contribution in [0.2, 0.25) is 0 Å². The zero-order chi connectivity index (χ0) is 19.5. The van der Waals surface area contributed by atoms with Crippen molar-refractivity contribution >= 4 is 32.8 Å². The Labute approximate surface area is 173 Å². The Morgan fingerprint density at radius 2 is 1.86 bits per heavy atom. The number of hydrogen-bond donors (Lipinski definition) is 0. The highest BCUT2D eigenvalue weighted by Crippen LogP contribution is 2.35. The summed E-state index contributed by atoms with van der Waals surface area (Å²) in [6.45, 7) is 8.54. The minimum Gasteiger partial charge on any atom is -0.491 e. The van der Waals surface area contributed by atoms with Gasteiger partial charge >= 0.3 is 0 Å².